The number of halogens is 13. The van der Waals surface area contributed by atoms with Gasteiger partial charge < -0.3 is 62.4 Å². The Morgan fingerprint density at radius 3 is 1.01 bits per heavy atom. The van der Waals surface area contributed by atoms with Gasteiger partial charge in [-0.2, -0.15) is 0 Å². The molecule has 568 valence electrons. The Balaban J connectivity index is 0.000000441. The number of oxazole rings is 3. The normalized spacial score (nSPS) is 11.1. The number of aryl methyl sites for hydroxylation is 3. The second-order valence-electron chi connectivity index (χ2n) is 19.6. The van der Waals surface area contributed by atoms with Gasteiger partial charge in [0.2, 0.25) is 0 Å². The van der Waals surface area contributed by atoms with Gasteiger partial charge >= 0.3 is 25.4 Å². The van der Waals surface area contributed by atoms with Gasteiger partial charge in [-0.3, -0.25) is 37.4 Å². The number of hydrogen-bond acceptors (Lipinski definition) is 20. The number of ether oxygens (including phenoxy) is 7. The molecule has 0 aliphatic rings. The SMILES string of the molecule is C.C.C.C.CCOC(C)(OCC)OCC.CO.Cc1nc2c(=O)n(-c3ccc(OC(F)(F)F)cc3)cc(Br)c2o1.Cc1nc2c(=O)n(-c3ccc(OC(F)(F)F)cc3)ccc2o1.Cc1nc2c(=O)n(-c3ccc(OC(F)(F)F)cc3)ccc2o1.Nc1c(O)ccn(-c2ccc(OC(F)(F)F)cc2)c1=O. The summed E-state index contributed by atoms with van der Waals surface area (Å²) in [5, 5.41) is 16.3. The lowest BCUT2D eigenvalue weighted by atomic mass is 10.3. The summed E-state index contributed by atoms with van der Waals surface area (Å²) in [5.74, 6) is -1.64. The van der Waals surface area contributed by atoms with Crippen molar-refractivity contribution in [2.45, 2.75) is 110 Å². The van der Waals surface area contributed by atoms with E-state index in [0.29, 0.717) is 75.8 Å². The molecule has 0 spiro atoms. The van der Waals surface area contributed by atoms with Crippen molar-refractivity contribution in [1.82, 2.24) is 33.2 Å². The van der Waals surface area contributed by atoms with Crippen molar-refractivity contribution in [3.8, 4) is 51.5 Å². The van der Waals surface area contributed by atoms with Crippen molar-refractivity contribution in [3.63, 3.8) is 0 Å². The third-order valence-corrected chi connectivity index (χ3v) is 13.0. The van der Waals surface area contributed by atoms with Crippen molar-refractivity contribution >= 4 is 54.9 Å². The number of aromatic nitrogens is 7. The first-order chi connectivity index (χ1) is 46.9. The highest BCUT2D eigenvalue weighted by Gasteiger charge is 2.34. The number of anilines is 1. The van der Waals surface area contributed by atoms with Crippen LogP contribution in [0.4, 0.5) is 58.4 Å². The number of pyridine rings is 4. The first kappa shape index (κ1) is 89.5. The molecule has 0 saturated heterocycles. The number of nitrogens with two attached hydrogens (primary N) is 1. The zero-order valence-electron chi connectivity index (χ0n) is 53.1. The van der Waals surface area contributed by atoms with Crippen molar-refractivity contribution in [2.75, 3.05) is 32.7 Å². The van der Waals surface area contributed by atoms with Gasteiger partial charge in [-0.05, 0) is 140 Å². The Kier molecular flexibility index (Phi) is 32.7. The molecule has 4 aromatic carbocycles. The summed E-state index contributed by atoms with van der Waals surface area (Å²) in [6, 6.07) is 23.9. The van der Waals surface area contributed by atoms with Crippen LogP contribution in [0.5, 0.6) is 28.7 Å². The van der Waals surface area contributed by atoms with Gasteiger partial charge in [0.15, 0.2) is 51.0 Å². The zero-order valence-corrected chi connectivity index (χ0v) is 54.7. The number of alkyl halides is 12. The summed E-state index contributed by atoms with van der Waals surface area (Å²) in [4.78, 5) is 60.8. The standard InChI is InChI=1S/C14H8BrF3N2O3.2C14H9F3N2O3.C12H9F3N2O3.C8H18O3.CH4O.4CH4/c1-7-19-11-12(22-7)10(15)6-20(13(11)21)8-2-4-9(5-3-8)23-14(16,17)18;2*1-8-18-12-11(21-8)6-7-19(13(12)20)9-2-4-10(5-3-9)22-14(15,16)17;13-12(14,15)20-8-3-1-7(2-4-8)17-6-5-9(18)10(16)11(17)19;1-5-9-8(4,10-6-2)11-7-3;1-2;;;;/h2-6H,1H3;2*2-7H,1H3;1-6,18H,16H2;5-7H2,1-4H3;2H,1H3;4*1H4. The van der Waals surface area contributed by atoms with E-state index < -0.39 is 59.4 Å². The Bertz CT molecular complexity index is 4600. The molecule has 0 amide bonds. The molecule has 11 rings (SSSR count). The van der Waals surface area contributed by atoms with Crippen LogP contribution in [0.25, 0.3) is 56.0 Å². The fraction of sp³-hybridized carbons (Fsp3) is 0.299. The minimum absolute atomic E-state index is 0. The highest BCUT2D eigenvalue weighted by molar-refractivity contribution is 9.10. The smallest absolute Gasteiger partial charge is 0.506 e. The van der Waals surface area contributed by atoms with E-state index >= 15 is 0 Å². The quantitative estimate of drug-likeness (QED) is 0.0673. The third-order valence-electron chi connectivity index (χ3n) is 12.4. The van der Waals surface area contributed by atoms with E-state index in [1.54, 1.807) is 39.8 Å². The second-order valence-corrected chi connectivity index (χ2v) is 20.4. The summed E-state index contributed by atoms with van der Waals surface area (Å²) in [6.45, 7) is 14.1. The highest BCUT2D eigenvalue weighted by Crippen LogP contribution is 2.30. The Morgan fingerprint density at radius 1 is 0.433 bits per heavy atom. The van der Waals surface area contributed by atoms with Gasteiger partial charge in [0.25, 0.3) is 28.2 Å². The van der Waals surface area contributed by atoms with Crippen molar-refractivity contribution in [1.29, 1.82) is 0 Å². The number of aliphatic hydroxyl groups excluding tert-OH is 1. The summed E-state index contributed by atoms with van der Waals surface area (Å²) >= 11 is 3.28. The van der Waals surface area contributed by atoms with Gasteiger partial charge in [0.05, 0.1) is 4.47 Å². The van der Waals surface area contributed by atoms with Gasteiger partial charge in [-0.15, -0.1) is 52.7 Å². The third kappa shape index (κ3) is 25.1. The molecule has 104 heavy (non-hydrogen) atoms. The van der Waals surface area contributed by atoms with Crippen LogP contribution in [0.15, 0.2) is 177 Å². The molecule has 4 N–H and O–H groups in total. The summed E-state index contributed by atoms with van der Waals surface area (Å²) in [7, 11) is 1.00. The van der Waals surface area contributed by atoms with Crippen LogP contribution in [0, 0.1) is 20.8 Å². The second kappa shape index (κ2) is 38.0. The summed E-state index contributed by atoms with van der Waals surface area (Å²) in [5.41, 5.74) is 6.01. The molecule has 0 aliphatic heterocycles. The first-order valence-electron chi connectivity index (χ1n) is 28.5. The van der Waals surface area contributed by atoms with E-state index in [4.69, 9.17) is 38.3 Å². The number of hydrogen-bond donors (Lipinski definition) is 3. The molecule has 7 heterocycles. The van der Waals surface area contributed by atoms with E-state index in [1.165, 1.54) is 93.1 Å². The van der Waals surface area contributed by atoms with E-state index in [1.807, 2.05) is 20.8 Å². The molecule has 0 saturated carbocycles. The fourth-order valence-corrected chi connectivity index (χ4v) is 9.11. The van der Waals surface area contributed by atoms with Crippen LogP contribution in [-0.4, -0.2) is 102 Å². The summed E-state index contributed by atoms with van der Waals surface area (Å²) < 4.78 is 197. The number of rotatable bonds is 14. The molecule has 0 fully saturated rings. The lowest BCUT2D eigenvalue weighted by Crippen LogP contribution is -2.35. The molecule has 0 atom stereocenters. The van der Waals surface area contributed by atoms with Crippen molar-refractivity contribution in [2.24, 2.45) is 0 Å². The van der Waals surface area contributed by atoms with Crippen molar-refractivity contribution in [3.05, 3.63) is 204 Å². The van der Waals surface area contributed by atoms with Crippen molar-refractivity contribution < 1.29 is 109 Å². The molecule has 0 bridgehead atoms. The Labute approximate surface area is 592 Å². The minimum atomic E-state index is -4.78. The van der Waals surface area contributed by atoms with E-state index in [0.717, 1.165) is 60.2 Å². The Hall–Kier alpha value is -10.6. The number of aliphatic hydroxyl groups is 1. The fourth-order valence-electron chi connectivity index (χ4n) is 8.63. The zero-order chi connectivity index (χ0) is 74.2. The molecule has 7 aromatic heterocycles. The molecular formula is C67H73BrF12N8O16. The van der Waals surface area contributed by atoms with E-state index in [2.05, 4.69) is 49.8 Å². The van der Waals surface area contributed by atoms with Gasteiger partial charge in [0, 0.05) is 114 Å². The van der Waals surface area contributed by atoms with Crippen LogP contribution in [0.3, 0.4) is 0 Å². The number of nitrogen functional groups attached to an aromatic ring is 1. The predicted molar refractivity (Wildman–Crippen MR) is 364 cm³/mol. The minimum Gasteiger partial charge on any atom is -0.506 e. The molecule has 37 heteroatoms. The number of nitrogens with zero attached hydrogens (tertiary/aromatic N) is 7. The highest BCUT2D eigenvalue weighted by atomic mass is 79.9. The maximum absolute atomic E-state index is 12.4. The maximum atomic E-state index is 12.4. The number of benzene rings is 4. The van der Waals surface area contributed by atoms with Crippen LogP contribution >= 0.6 is 15.9 Å². The van der Waals surface area contributed by atoms with Gasteiger partial charge in [0.1, 0.15) is 34.4 Å². The molecule has 11 aromatic rings. The lowest BCUT2D eigenvalue weighted by Gasteiger charge is -2.27. The topological polar surface area (TPSA) is 297 Å². The number of aromatic hydroxyl groups is 1. The largest absolute Gasteiger partial charge is 0.573 e. The number of fused-ring (bicyclic) bond motifs is 3. The predicted octanol–water partition coefficient (Wildman–Crippen LogP) is 16.3. The average Bonchev–Trinajstić information content (AvgIpc) is 1.59. The van der Waals surface area contributed by atoms with Gasteiger partial charge in [-0.25, -0.2) is 15.0 Å². The van der Waals surface area contributed by atoms with Crippen LogP contribution < -0.4 is 46.9 Å². The Morgan fingerprint density at radius 2 is 0.702 bits per heavy atom. The van der Waals surface area contributed by atoms with Crippen LogP contribution in [0.2, 0.25) is 0 Å². The lowest BCUT2D eigenvalue weighted by molar-refractivity contribution is -0.365. The summed E-state index contributed by atoms with van der Waals surface area (Å²) in [6.07, 6.45) is -13.4. The van der Waals surface area contributed by atoms with E-state index in [9.17, 15) is 77.0 Å². The maximum Gasteiger partial charge on any atom is 0.573 e. The van der Waals surface area contributed by atoms with E-state index in [-0.39, 0.29) is 80.6 Å². The van der Waals surface area contributed by atoms with Gasteiger partial charge in [-0.1, -0.05) is 29.7 Å². The monoisotopic (exact) mass is 1550 g/mol. The van der Waals surface area contributed by atoms with Crippen LogP contribution in [-0.2, 0) is 14.2 Å². The molecular weight excluding hydrogens is 1480 g/mol. The molecule has 0 aliphatic carbocycles. The molecule has 0 unspecified atom stereocenters. The first-order valence-corrected chi connectivity index (χ1v) is 29.3. The molecule has 24 nitrogen and oxygen atoms in total. The average molecular weight is 1550 g/mol. The van der Waals surface area contributed by atoms with Crippen LogP contribution in [0.1, 0.15) is 75.1 Å². The molecule has 0 radical (unpaired) electrons.